The van der Waals surface area contributed by atoms with Gasteiger partial charge in [-0.25, -0.2) is 4.39 Å². The maximum absolute atomic E-state index is 14.1. The van der Waals surface area contributed by atoms with Gasteiger partial charge < -0.3 is 14.6 Å². The highest BCUT2D eigenvalue weighted by Crippen LogP contribution is 2.62. The molecule has 4 rings (SSSR count). The van der Waals surface area contributed by atoms with Crippen LogP contribution in [-0.2, 0) is 15.9 Å². The molecule has 38 heavy (non-hydrogen) atoms. The van der Waals surface area contributed by atoms with Gasteiger partial charge in [0.2, 0.25) is 0 Å². The van der Waals surface area contributed by atoms with E-state index in [4.69, 9.17) is 4.74 Å². The van der Waals surface area contributed by atoms with E-state index in [0.29, 0.717) is 25.7 Å². The Kier molecular flexibility index (Phi) is 7.47. The van der Waals surface area contributed by atoms with Crippen molar-refractivity contribution in [1.29, 1.82) is 0 Å². The maximum Gasteiger partial charge on any atom is 0.435 e. The van der Waals surface area contributed by atoms with E-state index in [2.05, 4.69) is 4.74 Å². The number of fused-ring (bicyclic) bond motifs is 5. The van der Waals surface area contributed by atoms with Gasteiger partial charge in [-0.2, -0.15) is 39.5 Å². The van der Waals surface area contributed by atoms with Crippen LogP contribution in [0.4, 0.5) is 43.9 Å². The van der Waals surface area contributed by atoms with Crippen molar-refractivity contribution in [3.8, 4) is 5.75 Å². The van der Waals surface area contributed by atoms with Crippen LogP contribution in [0.2, 0.25) is 0 Å². The number of rotatable bonds is 6. The summed E-state index contributed by atoms with van der Waals surface area (Å²) in [6.07, 6.45) is -17.0. The molecule has 1 aromatic rings. The molecule has 0 heterocycles. The fourth-order valence-corrected chi connectivity index (χ4v) is 7.04. The van der Waals surface area contributed by atoms with Gasteiger partial charge in [0.15, 0.2) is 11.6 Å². The van der Waals surface area contributed by atoms with E-state index in [-0.39, 0.29) is 41.6 Å². The van der Waals surface area contributed by atoms with Gasteiger partial charge in [-0.05, 0) is 91.4 Å². The van der Waals surface area contributed by atoms with Crippen LogP contribution in [0.3, 0.4) is 0 Å². The average molecular weight is 566 g/mol. The Hall–Kier alpha value is -1.76. The molecule has 0 spiro atoms. The highest BCUT2D eigenvalue weighted by molar-refractivity contribution is 5.41. The standard InChI is InChI=1S/C25H28F10O3/c1-21-8-7-14-15(4-3-13-11-19(36)18(26)12-16(13)14)17(21)5-6-20(21)37-9-2-10-38-22(23(27,28)29,24(30,31)32)25(33,34)35/h11-12,14-15,17,20,36H,2-10H2,1H3. The van der Waals surface area contributed by atoms with E-state index in [1.165, 1.54) is 12.1 Å². The van der Waals surface area contributed by atoms with Gasteiger partial charge in [0.25, 0.3) is 0 Å². The van der Waals surface area contributed by atoms with Crippen LogP contribution >= 0.6 is 0 Å². The predicted molar refractivity (Wildman–Crippen MR) is 114 cm³/mol. The van der Waals surface area contributed by atoms with Gasteiger partial charge in [0, 0.05) is 6.61 Å². The van der Waals surface area contributed by atoms with Crippen molar-refractivity contribution in [2.24, 2.45) is 17.3 Å². The Morgan fingerprint density at radius 1 is 0.895 bits per heavy atom. The second-order valence-electron chi connectivity index (χ2n) is 10.8. The van der Waals surface area contributed by atoms with E-state index >= 15 is 0 Å². The first-order valence-corrected chi connectivity index (χ1v) is 12.4. The van der Waals surface area contributed by atoms with E-state index in [0.717, 1.165) is 24.0 Å². The summed E-state index contributed by atoms with van der Waals surface area (Å²) in [5.41, 5.74) is -4.83. The molecule has 2 fully saturated rings. The van der Waals surface area contributed by atoms with Gasteiger partial charge in [-0.3, -0.25) is 0 Å². The lowest BCUT2D eigenvalue weighted by atomic mass is 9.55. The van der Waals surface area contributed by atoms with Crippen molar-refractivity contribution in [3.05, 3.63) is 29.1 Å². The van der Waals surface area contributed by atoms with Gasteiger partial charge in [-0.1, -0.05) is 6.92 Å². The highest BCUT2D eigenvalue weighted by atomic mass is 19.4. The number of aryl methyl sites for hydroxylation is 1. The van der Waals surface area contributed by atoms with Crippen molar-refractivity contribution in [3.63, 3.8) is 0 Å². The predicted octanol–water partition coefficient (Wildman–Crippen LogP) is 7.61. The quantitative estimate of drug-likeness (QED) is 0.285. The summed E-state index contributed by atoms with van der Waals surface area (Å²) in [5, 5.41) is 9.71. The Labute approximate surface area is 212 Å². The summed E-state index contributed by atoms with van der Waals surface area (Å²) in [7, 11) is 0. The molecule has 13 heteroatoms. The van der Waals surface area contributed by atoms with Crippen molar-refractivity contribution < 1.29 is 58.5 Å². The molecule has 3 aliphatic rings. The van der Waals surface area contributed by atoms with Crippen molar-refractivity contribution in [2.45, 2.75) is 88.0 Å². The first-order chi connectivity index (χ1) is 17.4. The van der Waals surface area contributed by atoms with E-state index in [9.17, 15) is 49.0 Å². The zero-order valence-electron chi connectivity index (χ0n) is 20.4. The summed E-state index contributed by atoms with van der Waals surface area (Å²) in [4.78, 5) is 0. The number of ether oxygens (including phenoxy) is 2. The Morgan fingerprint density at radius 2 is 1.53 bits per heavy atom. The third-order valence-electron chi connectivity index (χ3n) is 8.83. The van der Waals surface area contributed by atoms with Crippen LogP contribution in [0.1, 0.15) is 62.5 Å². The third-order valence-corrected chi connectivity index (χ3v) is 8.83. The summed E-state index contributed by atoms with van der Waals surface area (Å²) in [6.45, 7) is 0.195. The van der Waals surface area contributed by atoms with Gasteiger partial charge in [-0.15, -0.1) is 0 Å². The van der Waals surface area contributed by atoms with Gasteiger partial charge in [0.1, 0.15) is 0 Å². The second kappa shape index (κ2) is 9.71. The molecule has 0 saturated heterocycles. The fourth-order valence-electron chi connectivity index (χ4n) is 7.04. The zero-order valence-corrected chi connectivity index (χ0v) is 20.4. The molecule has 0 radical (unpaired) electrons. The summed E-state index contributed by atoms with van der Waals surface area (Å²) >= 11 is 0. The fraction of sp³-hybridized carbons (Fsp3) is 0.760. The maximum atomic E-state index is 14.1. The number of alkyl halides is 9. The third kappa shape index (κ3) is 4.65. The SMILES string of the molecule is CC12CCC3c4cc(F)c(O)cc4CCC3C1CCC2OCCCOC(C(F)(F)F)(C(F)(F)F)C(F)(F)F. The summed E-state index contributed by atoms with van der Waals surface area (Å²) < 4.78 is 140. The number of halogens is 10. The molecule has 0 aromatic heterocycles. The first-order valence-electron chi connectivity index (χ1n) is 12.4. The van der Waals surface area contributed by atoms with Crippen molar-refractivity contribution >= 4 is 0 Å². The molecule has 3 aliphatic carbocycles. The minimum Gasteiger partial charge on any atom is -0.505 e. The lowest BCUT2D eigenvalue weighted by Crippen LogP contribution is -2.67. The number of aromatic hydroxyl groups is 1. The lowest BCUT2D eigenvalue weighted by molar-refractivity contribution is -0.457. The van der Waals surface area contributed by atoms with Crippen molar-refractivity contribution in [1.82, 2.24) is 0 Å². The average Bonchev–Trinajstić information content (AvgIpc) is 3.10. The summed E-state index contributed by atoms with van der Waals surface area (Å²) in [6, 6.07) is 2.85. The first kappa shape index (κ1) is 29.2. The Bertz CT molecular complexity index is 982. The minimum absolute atomic E-state index is 0.0966. The smallest absolute Gasteiger partial charge is 0.435 e. The highest BCUT2D eigenvalue weighted by Gasteiger charge is 2.85. The molecule has 1 aromatic carbocycles. The lowest BCUT2D eigenvalue weighted by Gasteiger charge is -2.50. The number of phenols is 1. The Balaban J connectivity index is 1.38. The second-order valence-corrected chi connectivity index (χ2v) is 10.8. The molecular weight excluding hydrogens is 538 g/mol. The number of benzene rings is 1. The molecule has 0 aliphatic heterocycles. The van der Waals surface area contributed by atoms with Gasteiger partial charge >= 0.3 is 24.1 Å². The molecule has 3 nitrogen and oxygen atoms in total. The molecule has 2 saturated carbocycles. The summed E-state index contributed by atoms with van der Waals surface area (Å²) in [5.74, 6) is -0.578. The van der Waals surface area contributed by atoms with E-state index < -0.39 is 43.0 Å². The largest absolute Gasteiger partial charge is 0.505 e. The molecule has 216 valence electrons. The van der Waals surface area contributed by atoms with Crippen LogP contribution in [0, 0.1) is 23.1 Å². The number of hydrogen-bond donors (Lipinski definition) is 1. The van der Waals surface area contributed by atoms with Crippen LogP contribution in [-0.4, -0.2) is 48.6 Å². The zero-order chi connectivity index (χ0) is 28.3. The van der Waals surface area contributed by atoms with Crippen molar-refractivity contribution in [2.75, 3.05) is 13.2 Å². The molecule has 0 bridgehead atoms. The normalized spacial score (nSPS) is 30.1. The Morgan fingerprint density at radius 3 is 2.13 bits per heavy atom. The van der Waals surface area contributed by atoms with E-state index in [1.807, 2.05) is 6.92 Å². The molecule has 5 unspecified atom stereocenters. The topological polar surface area (TPSA) is 38.7 Å². The van der Waals surface area contributed by atoms with E-state index in [1.54, 1.807) is 0 Å². The number of hydrogen-bond acceptors (Lipinski definition) is 3. The van der Waals surface area contributed by atoms with Crippen LogP contribution in [0.5, 0.6) is 5.75 Å². The molecular formula is C25H28F10O3. The van der Waals surface area contributed by atoms with Gasteiger partial charge in [0.05, 0.1) is 12.7 Å². The van der Waals surface area contributed by atoms with Crippen LogP contribution in [0.25, 0.3) is 0 Å². The number of phenolic OH excluding ortho intramolecular Hbond substituents is 1. The molecule has 5 atom stereocenters. The minimum atomic E-state index is -6.75. The van der Waals surface area contributed by atoms with Crippen LogP contribution < -0.4 is 0 Å². The monoisotopic (exact) mass is 566 g/mol. The van der Waals surface area contributed by atoms with Crippen LogP contribution in [0.15, 0.2) is 12.1 Å². The molecule has 0 amide bonds. The molecule has 1 N–H and O–H groups in total.